The molecule has 0 heterocycles. The monoisotopic (exact) mass is 209 g/mol. The summed E-state index contributed by atoms with van der Waals surface area (Å²) < 4.78 is 24.7. The zero-order chi connectivity index (χ0) is 10.3. The van der Waals surface area contributed by atoms with Crippen LogP contribution in [0.25, 0.3) is 0 Å². The first-order chi connectivity index (χ1) is 6.06. The molecule has 0 fully saturated rings. The van der Waals surface area contributed by atoms with Crippen LogP contribution >= 0.6 is 8.25 Å². The van der Waals surface area contributed by atoms with Crippen LogP contribution in [0.5, 0.6) is 0 Å². The van der Waals surface area contributed by atoms with E-state index in [9.17, 15) is 9.36 Å². The smallest absolute Gasteiger partial charge is 0.469 e. The molecule has 0 rings (SSSR count). The molecule has 76 valence electrons. The Balaban J connectivity index is 3.42. The minimum Gasteiger partial charge on any atom is -0.469 e. The highest BCUT2D eigenvalue weighted by Gasteiger charge is 2.22. The molecular weight excluding hydrogens is 195 g/mol. The molecule has 0 radical (unpaired) electrons. The fraction of sp³-hybridized carbons (Fsp3) is 0.857. The summed E-state index contributed by atoms with van der Waals surface area (Å²) in [7, 11) is -0.829. The molecule has 5 nitrogen and oxygen atoms in total. The van der Waals surface area contributed by atoms with Crippen molar-refractivity contribution in [3.63, 3.8) is 0 Å². The minimum absolute atomic E-state index is 0.0502. The Labute approximate surface area is 78.3 Å². The molecule has 0 aliphatic heterocycles. The van der Waals surface area contributed by atoms with Gasteiger partial charge >= 0.3 is 14.2 Å². The summed E-state index contributed by atoms with van der Waals surface area (Å²) in [6.45, 7) is 3.54. The number of rotatable bonds is 6. The molecule has 0 aliphatic rings. The van der Waals surface area contributed by atoms with E-state index in [1.807, 2.05) is 0 Å². The van der Waals surface area contributed by atoms with Gasteiger partial charge in [-0.3, -0.25) is 4.79 Å². The predicted molar refractivity (Wildman–Crippen MR) is 46.4 cm³/mol. The Morgan fingerprint density at radius 2 is 2.08 bits per heavy atom. The van der Waals surface area contributed by atoms with Crippen molar-refractivity contribution >= 4 is 14.2 Å². The van der Waals surface area contributed by atoms with Gasteiger partial charge in [0.1, 0.15) is 12.7 Å². The van der Waals surface area contributed by atoms with Gasteiger partial charge in [-0.05, 0) is 13.8 Å². The molecule has 0 aromatic rings. The van der Waals surface area contributed by atoms with Crippen molar-refractivity contribution in [2.45, 2.75) is 26.4 Å². The van der Waals surface area contributed by atoms with Crippen molar-refractivity contribution in [2.75, 3.05) is 13.7 Å². The summed E-state index contributed by atoms with van der Waals surface area (Å²) >= 11 is 0. The molecule has 0 aromatic carbocycles. The van der Waals surface area contributed by atoms with Crippen LogP contribution in [-0.2, 0) is 23.1 Å². The Morgan fingerprint density at radius 3 is 2.54 bits per heavy atom. The summed E-state index contributed by atoms with van der Waals surface area (Å²) in [5.74, 6) is -0.395. The molecular formula is C7H14O5P+. The van der Waals surface area contributed by atoms with Crippen molar-refractivity contribution in [1.29, 1.82) is 0 Å². The molecule has 6 heteroatoms. The van der Waals surface area contributed by atoms with E-state index >= 15 is 0 Å². The number of hydrogen-bond acceptors (Lipinski definition) is 5. The molecule has 0 saturated carbocycles. The van der Waals surface area contributed by atoms with E-state index in [-0.39, 0.29) is 19.1 Å². The standard InChI is InChI=1S/C7H14O5P/c1-6(2)12-13(9)11-5-4-7(8)10-3/h6H,4-5H2,1-3H3/q+1. The van der Waals surface area contributed by atoms with Crippen LogP contribution < -0.4 is 0 Å². The normalized spacial score (nSPS) is 11.5. The fourth-order valence-electron chi connectivity index (χ4n) is 0.508. The second-order valence-corrected chi connectivity index (χ2v) is 3.45. The van der Waals surface area contributed by atoms with E-state index in [4.69, 9.17) is 9.05 Å². The Morgan fingerprint density at radius 1 is 1.46 bits per heavy atom. The number of carbonyl (C=O) groups is 1. The summed E-state index contributed by atoms with van der Waals surface area (Å²) in [6, 6.07) is 0. The summed E-state index contributed by atoms with van der Waals surface area (Å²) in [4.78, 5) is 10.6. The van der Waals surface area contributed by atoms with Gasteiger partial charge in [0.15, 0.2) is 0 Å². The molecule has 0 N–H and O–H groups in total. The number of ether oxygens (including phenoxy) is 1. The van der Waals surface area contributed by atoms with Gasteiger partial charge in [-0.25, -0.2) is 0 Å². The zero-order valence-corrected chi connectivity index (χ0v) is 8.87. The van der Waals surface area contributed by atoms with Gasteiger partial charge in [-0.15, -0.1) is 9.05 Å². The summed E-state index contributed by atoms with van der Waals surface area (Å²) in [5.41, 5.74) is 0. The molecule has 1 unspecified atom stereocenters. The molecule has 0 saturated heterocycles. The zero-order valence-electron chi connectivity index (χ0n) is 7.98. The molecule has 0 amide bonds. The van der Waals surface area contributed by atoms with Crippen LogP contribution in [0.1, 0.15) is 20.3 Å². The van der Waals surface area contributed by atoms with E-state index < -0.39 is 14.2 Å². The number of carbonyl (C=O) groups excluding carboxylic acids is 1. The van der Waals surface area contributed by atoms with E-state index in [1.165, 1.54) is 7.11 Å². The predicted octanol–water partition coefficient (Wildman–Crippen LogP) is 1.65. The Hall–Kier alpha value is -0.510. The maximum Gasteiger partial charge on any atom is 0.697 e. The molecule has 13 heavy (non-hydrogen) atoms. The van der Waals surface area contributed by atoms with Crippen LogP contribution in [0, 0.1) is 0 Å². The first-order valence-electron chi connectivity index (χ1n) is 3.90. The largest absolute Gasteiger partial charge is 0.697 e. The van der Waals surface area contributed by atoms with Gasteiger partial charge in [0.2, 0.25) is 0 Å². The first-order valence-corrected chi connectivity index (χ1v) is 4.99. The highest BCUT2D eigenvalue weighted by atomic mass is 31.1. The highest BCUT2D eigenvalue weighted by molar-refractivity contribution is 7.33. The average molecular weight is 209 g/mol. The van der Waals surface area contributed by atoms with E-state index in [0.29, 0.717) is 0 Å². The quantitative estimate of drug-likeness (QED) is 0.491. The highest BCUT2D eigenvalue weighted by Crippen LogP contribution is 2.25. The number of esters is 1. The van der Waals surface area contributed by atoms with Crippen LogP contribution in [-0.4, -0.2) is 25.8 Å². The van der Waals surface area contributed by atoms with Crippen molar-refractivity contribution < 1.29 is 23.1 Å². The second kappa shape index (κ2) is 6.95. The lowest BCUT2D eigenvalue weighted by Gasteiger charge is -1.94. The van der Waals surface area contributed by atoms with Gasteiger partial charge in [0, 0.05) is 4.57 Å². The number of hydrogen-bond donors (Lipinski definition) is 0. The van der Waals surface area contributed by atoms with Crippen molar-refractivity contribution in [3.8, 4) is 0 Å². The van der Waals surface area contributed by atoms with E-state index in [1.54, 1.807) is 13.8 Å². The summed E-state index contributed by atoms with van der Waals surface area (Å²) in [6.07, 6.45) is -0.0688. The lowest BCUT2D eigenvalue weighted by Crippen LogP contribution is -2.04. The molecule has 0 aliphatic carbocycles. The van der Waals surface area contributed by atoms with Crippen LogP contribution in [0.3, 0.4) is 0 Å². The minimum atomic E-state index is -2.11. The van der Waals surface area contributed by atoms with Crippen molar-refractivity contribution in [1.82, 2.24) is 0 Å². The Bertz CT molecular complexity index is 180. The lowest BCUT2D eigenvalue weighted by molar-refractivity contribution is -0.141. The van der Waals surface area contributed by atoms with Crippen LogP contribution in [0.15, 0.2) is 0 Å². The van der Waals surface area contributed by atoms with E-state index in [2.05, 4.69) is 4.74 Å². The maximum atomic E-state index is 10.9. The van der Waals surface area contributed by atoms with Gasteiger partial charge in [0.05, 0.1) is 13.5 Å². The number of methoxy groups -OCH3 is 1. The molecule has 1 atom stereocenters. The summed E-state index contributed by atoms with van der Waals surface area (Å²) in [5, 5.41) is 0. The van der Waals surface area contributed by atoms with Gasteiger partial charge in [-0.1, -0.05) is 0 Å². The second-order valence-electron chi connectivity index (χ2n) is 2.54. The molecule has 0 aromatic heterocycles. The van der Waals surface area contributed by atoms with Crippen molar-refractivity contribution in [2.24, 2.45) is 0 Å². The van der Waals surface area contributed by atoms with Gasteiger partial charge < -0.3 is 4.74 Å². The topological polar surface area (TPSA) is 61.8 Å². The van der Waals surface area contributed by atoms with Crippen LogP contribution in [0.2, 0.25) is 0 Å². The Kier molecular flexibility index (Phi) is 6.68. The SMILES string of the molecule is COC(=O)CCO[P+](=O)OC(C)C. The molecule has 0 bridgehead atoms. The third-order valence-electron chi connectivity index (χ3n) is 1.03. The third kappa shape index (κ3) is 7.84. The molecule has 0 spiro atoms. The van der Waals surface area contributed by atoms with Crippen LogP contribution in [0.4, 0.5) is 0 Å². The lowest BCUT2D eigenvalue weighted by atomic mass is 10.5. The maximum absolute atomic E-state index is 10.9. The van der Waals surface area contributed by atoms with Gasteiger partial charge in [0.25, 0.3) is 0 Å². The fourth-order valence-corrected chi connectivity index (χ4v) is 1.15. The van der Waals surface area contributed by atoms with E-state index in [0.717, 1.165) is 0 Å². The first kappa shape index (κ1) is 12.5. The average Bonchev–Trinajstić information content (AvgIpc) is 2.02. The van der Waals surface area contributed by atoms with Gasteiger partial charge in [-0.2, -0.15) is 0 Å². The van der Waals surface area contributed by atoms with Crippen molar-refractivity contribution in [3.05, 3.63) is 0 Å². The third-order valence-corrected chi connectivity index (χ3v) is 2.01.